The molecule has 1 aromatic carbocycles. The van der Waals surface area contributed by atoms with Gasteiger partial charge in [-0.05, 0) is 56.0 Å². The second-order valence-corrected chi connectivity index (χ2v) is 7.75. The molecule has 1 unspecified atom stereocenters. The summed E-state index contributed by atoms with van der Waals surface area (Å²) < 4.78 is 36.6. The van der Waals surface area contributed by atoms with Crippen molar-refractivity contribution in [3.05, 3.63) is 35.6 Å². The summed E-state index contributed by atoms with van der Waals surface area (Å²) >= 11 is 0. The number of benzene rings is 1. The summed E-state index contributed by atoms with van der Waals surface area (Å²) in [7, 11) is -2.94. The van der Waals surface area contributed by atoms with Crippen molar-refractivity contribution in [2.75, 3.05) is 24.6 Å². The summed E-state index contributed by atoms with van der Waals surface area (Å²) in [5.74, 6) is 0.504. The van der Waals surface area contributed by atoms with Crippen molar-refractivity contribution in [2.24, 2.45) is 5.92 Å². The Morgan fingerprint density at radius 2 is 1.81 bits per heavy atom. The van der Waals surface area contributed by atoms with Gasteiger partial charge in [0.05, 0.1) is 5.75 Å². The molecular weight excluding hydrogens is 289 g/mol. The third-order valence-electron chi connectivity index (χ3n) is 3.47. The predicted molar refractivity (Wildman–Crippen MR) is 85.7 cm³/mol. The van der Waals surface area contributed by atoms with Crippen molar-refractivity contribution < 1.29 is 12.8 Å². The number of rotatable bonds is 10. The highest BCUT2D eigenvalue weighted by Gasteiger charge is 2.15. The minimum Gasteiger partial charge on any atom is -0.317 e. The standard InChI is InChI=1S/C16H26FNO2S/c1-3-10-21(19,20)11-9-15(13-18-4-2)12-14-5-7-16(17)8-6-14/h5-8,15,18H,3-4,9-13H2,1-2H3. The molecule has 0 aliphatic carbocycles. The molecule has 0 aromatic heterocycles. The third kappa shape index (κ3) is 7.58. The summed E-state index contributed by atoms with van der Waals surface area (Å²) in [5.41, 5.74) is 1.05. The Bertz CT molecular complexity index is 500. The Morgan fingerprint density at radius 3 is 2.38 bits per heavy atom. The molecule has 0 aliphatic heterocycles. The zero-order valence-electron chi connectivity index (χ0n) is 12.9. The van der Waals surface area contributed by atoms with Crippen molar-refractivity contribution in [3.8, 4) is 0 Å². The first-order valence-electron chi connectivity index (χ1n) is 7.62. The van der Waals surface area contributed by atoms with E-state index in [-0.39, 0.29) is 23.2 Å². The summed E-state index contributed by atoms with van der Waals surface area (Å²) in [6.07, 6.45) is 2.08. The van der Waals surface area contributed by atoms with Gasteiger partial charge in [-0.1, -0.05) is 26.0 Å². The van der Waals surface area contributed by atoms with E-state index in [1.807, 2.05) is 13.8 Å². The molecule has 0 heterocycles. The molecule has 120 valence electrons. The van der Waals surface area contributed by atoms with Crippen molar-refractivity contribution in [1.29, 1.82) is 0 Å². The first kappa shape index (κ1) is 18.1. The molecule has 0 fully saturated rings. The smallest absolute Gasteiger partial charge is 0.150 e. The Morgan fingerprint density at radius 1 is 1.14 bits per heavy atom. The fraction of sp³-hybridized carbons (Fsp3) is 0.625. The van der Waals surface area contributed by atoms with E-state index in [2.05, 4.69) is 5.32 Å². The molecule has 0 aliphatic rings. The maximum Gasteiger partial charge on any atom is 0.150 e. The van der Waals surface area contributed by atoms with Crippen molar-refractivity contribution in [3.63, 3.8) is 0 Å². The molecule has 1 atom stereocenters. The van der Waals surface area contributed by atoms with Crippen LogP contribution < -0.4 is 5.32 Å². The van der Waals surface area contributed by atoms with E-state index in [1.54, 1.807) is 12.1 Å². The summed E-state index contributed by atoms with van der Waals surface area (Å²) in [5, 5.41) is 3.28. The number of sulfone groups is 1. The van der Waals surface area contributed by atoms with Gasteiger partial charge < -0.3 is 5.32 Å². The molecule has 0 saturated carbocycles. The van der Waals surface area contributed by atoms with Gasteiger partial charge in [0.15, 0.2) is 0 Å². The zero-order valence-corrected chi connectivity index (χ0v) is 13.8. The van der Waals surface area contributed by atoms with Gasteiger partial charge in [-0.25, -0.2) is 12.8 Å². The number of nitrogens with one attached hydrogen (secondary N) is 1. The highest BCUT2D eigenvalue weighted by molar-refractivity contribution is 7.91. The van der Waals surface area contributed by atoms with Crippen LogP contribution in [0.5, 0.6) is 0 Å². The van der Waals surface area contributed by atoms with E-state index in [0.29, 0.717) is 12.8 Å². The van der Waals surface area contributed by atoms with E-state index in [9.17, 15) is 12.8 Å². The Balaban J connectivity index is 2.60. The molecule has 0 saturated heterocycles. The van der Waals surface area contributed by atoms with Gasteiger partial charge in [-0.2, -0.15) is 0 Å². The minimum absolute atomic E-state index is 0.234. The molecule has 0 bridgehead atoms. The Kier molecular flexibility index (Phi) is 7.89. The van der Waals surface area contributed by atoms with E-state index < -0.39 is 9.84 Å². The quantitative estimate of drug-likeness (QED) is 0.722. The zero-order chi connectivity index (χ0) is 15.7. The van der Waals surface area contributed by atoms with Crippen molar-refractivity contribution >= 4 is 9.84 Å². The van der Waals surface area contributed by atoms with Gasteiger partial charge in [0.2, 0.25) is 0 Å². The van der Waals surface area contributed by atoms with Crippen LogP contribution in [0.2, 0.25) is 0 Å². The lowest BCUT2D eigenvalue weighted by molar-refractivity contribution is 0.464. The highest BCUT2D eigenvalue weighted by Crippen LogP contribution is 2.14. The number of hydrogen-bond acceptors (Lipinski definition) is 3. The summed E-state index contributed by atoms with van der Waals surface area (Å²) in [6, 6.07) is 6.45. The maximum atomic E-state index is 12.9. The van der Waals surface area contributed by atoms with Gasteiger partial charge in [0.25, 0.3) is 0 Å². The first-order valence-corrected chi connectivity index (χ1v) is 9.44. The molecule has 3 nitrogen and oxygen atoms in total. The highest BCUT2D eigenvalue weighted by atomic mass is 32.2. The van der Waals surface area contributed by atoms with Gasteiger partial charge in [-0.3, -0.25) is 0 Å². The monoisotopic (exact) mass is 315 g/mol. The predicted octanol–water partition coefficient (Wildman–Crippen LogP) is 2.81. The van der Waals surface area contributed by atoms with Gasteiger partial charge >= 0.3 is 0 Å². The summed E-state index contributed by atoms with van der Waals surface area (Å²) in [4.78, 5) is 0. The summed E-state index contributed by atoms with van der Waals surface area (Å²) in [6.45, 7) is 5.56. The van der Waals surface area contributed by atoms with Crippen molar-refractivity contribution in [1.82, 2.24) is 5.32 Å². The average molecular weight is 315 g/mol. The fourth-order valence-corrected chi connectivity index (χ4v) is 3.86. The number of hydrogen-bond donors (Lipinski definition) is 1. The minimum atomic E-state index is -2.94. The van der Waals surface area contributed by atoms with Crippen LogP contribution in [0.3, 0.4) is 0 Å². The fourth-order valence-electron chi connectivity index (χ4n) is 2.34. The van der Waals surface area contributed by atoms with Crippen LogP contribution in [0.4, 0.5) is 4.39 Å². The van der Waals surface area contributed by atoms with E-state index in [1.165, 1.54) is 12.1 Å². The van der Waals surface area contributed by atoms with Crippen LogP contribution in [-0.4, -0.2) is 33.0 Å². The second kappa shape index (κ2) is 9.15. The van der Waals surface area contributed by atoms with E-state index in [0.717, 1.165) is 25.1 Å². The van der Waals surface area contributed by atoms with Gasteiger partial charge in [0, 0.05) is 5.75 Å². The van der Waals surface area contributed by atoms with Crippen LogP contribution in [0, 0.1) is 11.7 Å². The number of halogens is 1. The second-order valence-electron chi connectivity index (χ2n) is 5.44. The lowest BCUT2D eigenvalue weighted by atomic mass is 9.97. The molecule has 0 radical (unpaired) electrons. The SMILES string of the molecule is CCCS(=O)(=O)CCC(CNCC)Cc1ccc(F)cc1. The molecule has 0 spiro atoms. The van der Waals surface area contributed by atoms with Crippen LogP contribution >= 0.6 is 0 Å². The van der Waals surface area contributed by atoms with Crippen LogP contribution in [0.25, 0.3) is 0 Å². The maximum absolute atomic E-state index is 12.9. The molecule has 1 aromatic rings. The Hall–Kier alpha value is -0.940. The first-order chi connectivity index (χ1) is 9.96. The van der Waals surface area contributed by atoms with Crippen molar-refractivity contribution in [2.45, 2.75) is 33.1 Å². The average Bonchev–Trinajstić information content (AvgIpc) is 2.44. The molecule has 0 amide bonds. The lowest BCUT2D eigenvalue weighted by Gasteiger charge is -2.17. The normalized spacial score (nSPS) is 13.3. The van der Waals surface area contributed by atoms with Gasteiger partial charge in [-0.15, -0.1) is 0 Å². The van der Waals surface area contributed by atoms with Gasteiger partial charge in [0.1, 0.15) is 15.7 Å². The van der Waals surface area contributed by atoms with Crippen LogP contribution in [0.15, 0.2) is 24.3 Å². The molecule has 1 N–H and O–H groups in total. The van der Waals surface area contributed by atoms with E-state index in [4.69, 9.17) is 0 Å². The molecule has 1 rings (SSSR count). The topological polar surface area (TPSA) is 46.2 Å². The van der Waals surface area contributed by atoms with Crippen LogP contribution in [-0.2, 0) is 16.3 Å². The third-order valence-corrected chi connectivity index (χ3v) is 5.36. The molecule has 21 heavy (non-hydrogen) atoms. The lowest BCUT2D eigenvalue weighted by Crippen LogP contribution is -2.26. The van der Waals surface area contributed by atoms with Crippen LogP contribution in [0.1, 0.15) is 32.3 Å². The molecule has 5 heteroatoms. The largest absolute Gasteiger partial charge is 0.317 e. The molecular formula is C16H26FNO2S. The van der Waals surface area contributed by atoms with E-state index >= 15 is 0 Å². The Labute approximate surface area is 127 Å².